The Morgan fingerprint density at radius 3 is 2.96 bits per heavy atom. The highest BCUT2D eigenvalue weighted by molar-refractivity contribution is 7.99. The van der Waals surface area contributed by atoms with Crippen LogP contribution in [0.15, 0.2) is 57.6 Å². The lowest BCUT2D eigenvalue weighted by Crippen LogP contribution is -2.28. The molecule has 0 aliphatic heterocycles. The Kier molecular flexibility index (Phi) is 6.36. The van der Waals surface area contributed by atoms with E-state index in [2.05, 4.69) is 11.6 Å². The molecule has 1 amide bonds. The third kappa shape index (κ3) is 4.61. The van der Waals surface area contributed by atoms with E-state index in [0.717, 1.165) is 5.56 Å². The predicted molar refractivity (Wildman–Crippen MR) is 113 cm³/mol. The number of halogens is 1. The lowest BCUT2D eigenvalue weighted by atomic mass is 10.2. The number of hydrogen-bond acceptors (Lipinski definition) is 5. The summed E-state index contributed by atoms with van der Waals surface area (Å²) in [5, 5.41) is 5.49. The minimum atomic E-state index is -0.168. The molecule has 0 radical (unpaired) electrons. The van der Waals surface area contributed by atoms with E-state index in [1.807, 2.05) is 16.8 Å². The summed E-state index contributed by atoms with van der Waals surface area (Å²) in [6.07, 6.45) is 1.64. The van der Waals surface area contributed by atoms with Gasteiger partial charge in [0.15, 0.2) is 5.16 Å². The van der Waals surface area contributed by atoms with E-state index in [1.54, 1.807) is 47.6 Å². The first-order valence-electron chi connectivity index (χ1n) is 8.18. The van der Waals surface area contributed by atoms with E-state index < -0.39 is 0 Å². The van der Waals surface area contributed by atoms with Crippen LogP contribution in [0.1, 0.15) is 5.56 Å². The lowest BCUT2D eigenvalue weighted by molar-refractivity contribution is -0.127. The summed E-state index contributed by atoms with van der Waals surface area (Å²) < 4.78 is 1.53. The first-order chi connectivity index (χ1) is 13.0. The van der Waals surface area contributed by atoms with Crippen molar-refractivity contribution in [3.8, 4) is 0 Å². The van der Waals surface area contributed by atoms with Crippen LogP contribution < -0.4 is 5.56 Å². The number of benzene rings is 1. The first kappa shape index (κ1) is 19.7. The van der Waals surface area contributed by atoms with Gasteiger partial charge in [-0.15, -0.1) is 6.58 Å². The number of nitrogens with zero attached hydrogens (tertiary/aromatic N) is 3. The Labute approximate surface area is 170 Å². The van der Waals surface area contributed by atoms with Gasteiger partial charge >= 0.3 is 0 Å². The fourth-order valence-electron chi connectivity index (χ4n) is 2.56. The zero-order valence-electron chi connectivity index (χ0n) is 14.7. The number of thioether (sulfide) groups is 1. The molecular weight excluding hydrogens is 402 g/mol. The van der Waals surface area contributed by atoms with Crippen LogP contribution in [0, 0.1) is 0 Å². The van der Waals surface area contributed by atoms with Crippen LogP contribution in [0.4, 0.5) is 0 Å². The molecule has 0 fully saturated rings. The fraction of sp³-hybridized carbons (Fsp3) is 0.211. The van der Waals surface area contributed by atoms with Gasteiger partial charge in [-0.3, -0.25) is 14.2 Å². The quantitative estimate of drug-likeness (QED) is 0.329. The number of hydrogen-bond donors (Lipinski definition) is 0. The highest BCUT2D eigenvalue weighted by atomic mass is 35.5. The lowest BCUT2D eigenvalue weighted by Gasteiger charge is -2.17. The zero-order valence-corrected chi connectivity index (χ0v) is 17.1. The molecule has 0 aliphatic rings. The number of thiophene rings is 1. The molecule has 0 saturated carbocycles. The van der Waals surface area contributed by atoms with Crippen molar-refractivity contribution in [2.75, 3.05) is 12.8 Å². The summed E-state index contributed by atoms with van der Waals surface area (Å²) >= 11 is 8.88. The predicted octanol–water partition coefficient (Wildman–Crippen LogP) is 4.05. The molecule has 27 heavy (non-hydrogen) atoms. The molecule has 0 spiro atoms. The van der Waals surface area contributed by atoms with Crippen molar-refractivity contribution < 1.29 is 4.79 Å². The van der Waals surface area contributed by atoms with Crippen LogP contribution in [-0.2, 0) is 17.9 Å². The third-order valence-corrected chi connectivity index (χ3v) is 5.87. The van der Waals surface area contributed by atoms with Crippen molar-refractivity contribution in [2.45, 2.75) is 18.2 Å². The SMILES string of the molecule is C=CCn1c(SCC(=O)N(C)Cc2ccsc2)nc2cc(Cl)ccc2c1=O. The minimum Gasteiger partial charge on any atom is -0.341 e. The standard InChI is InChI=1S/C19H18ClN3O2S2/c1-3-7-23-18(25)15-5-4-14(20)9-16(15)21-19(23)27-12-17(24)22(2)10-13-6-8-26-11-13/h3-6,8-9,11H,1,7,10,12H2,2H3. The van der Waals surface area contributed by atoms with Gasteiger partial charge < -0.3 is 4.90 Å². The Bertz CT molecular complexity index is 1030. The molecule has 3 aromatic rings. The van der Waals surface area contributed by atoms with Gasteiger partial charge in [-0.1, -0.05) is 29.4 Å². The molecule has 8 heteroatoms. The maximum atomic E-state index is 12.8. The van der Waals surface area contributed by atoms with E-state index in [4.69, 9.17) is 11.6 Å². The highest BCUT2D eigenvalue weighted by Gasteiger charge is 2.15. The van der Waals surface area contributed by atoms with Gasteiger partial charge in [-0.2, -0.15) is 11.3 Å². The smallest absolute Gasteiger partial charge is 0.262 e. The van der Waals surface area contributed by atoms with Gasteiger partial charge in [0.1, 0.15) is 0 Å². The van der Waals surface area contributed by atoms with E-state index in [9.17, 15) is 9.59 Å². The third-order valence-electron chi connectivity index (χ3n) is 3.94. The maximum absolute atomic E-state index is 12.8. The fourth-order valence-corrected chi connectivity index (χ4v) is 4.33. The molecule has 140 valence electrons. The van der Waals surface area contributed by atoms with Crippen LogP contribution in [-0.4, -0.2) is 33.2 Å². The topological polar surface area (TPSA) is 55.2 Å². The Morgan fingerprint density at radius 1 is 1.44 bits per heavy atom. The largest absolute Gasteiger partial charge is 0.341 e. The number of amides is 1. The molecule has 0 bridgehead atoms. The molecule has 2 heterocycles. The summed E-state index contributed by atoms with van der Waals surface area (Å²) in [4.78, 5) is 31.4. The van der Waals surface area contributed by atoms with Crippen LogP contribution in [0.3, 0.4) is 0 Å². The number of carbonyl (C=O) groups is 1. The van der Waals surface area contributed by atoms with Crippen molar-refractivity contribution >= 4 is 51.5 Å². The average molecular weight is 420 g/mol. The second kappa shape index (κ2) is 8.73. The van der Waals surface area contributed by atoms with Crippen LogP contribution in [0.25, 0.3) is 10.9 Å². The molecule has 0 aliphatic carbocycles. The Hall–Kier alpha value is -2.09. The molecule has 3 rings (SSSR count). The van der Waals surface area contributed by atoms with Gasteiger partial charge in [0.05, 0.1) is 16.7 Å². The van der Waals surface area contributed by atoms with Crippen LogP contribution in [0.2, 0.25) is 5.02 Å². The van der Waals surface area contributed by atoms with Crippen molar-refractivity contribution in [3.63, 3.8) is 0 Å². The number of rotatable bonds is 7. The molecular formula is C19H18ClN3O2S2. The summed E-state index contributed by atoms with van der Waals surface area (Å²) in [6.45, 7) is 4.59. The molecule has 1 aromatic carbocycles. The van der Waals surface area contributed by atoms with Gasteiger partial charge in [0, 0.05) is 25.2 Å². The van der Waals surface area contributed by atoms with Crippen LogP contribution in [0.5, 0.6) is 0 Å². The van der Waals surface area contributed by atoms with Crippen molar-refractivity contribution in [1.29, 1.82) is 0 Å². The summed E-state index contributed by atoms with van der Waals surface area (Å²) in [7, 11) is 1.77. The Morgan fingerprint density at radius 2 is 2.26 bits per heavy atom. The number of fused-ring (bicyclic) bond motifs is 1. The van der Waals surface area contributed by atoms with Gasteiger partial charge in [0.25, 0.3) is 5.56 Å². The summed E-state index contributed by atoms with van der Waals surface area (Å²) in [5.74, 6) is 0.160. The van der Waals surface area contributed by atoms with Gasteiger partial charge in [0.2, 0.25) is 5.91 Å². The van der Waals surface area contributed by atoms with Crippen molar-refractivity contribution in [3.05, 3.63) is 68.6 Å². The van der Waals surface area contributed by atoms with Crippen molar-refractivity contribution in [1.82, 2.24) is 14.5 Å². The molecule has 0 saturated heterocycles. The first-order valence-corrected chi connectivity index (χ1v) is 10.5. The summed E-state index contributed by atoms with van der Waals surface area (Å²) in [6, 6.07) is 6.99. The average Bonchev–Trinajstić information content (AvgIpc) is 3.15. The van der Waals surface area contributed by atoms with E-state index in [0.29, 0.717) is 34.2 Å². The van der Waals surface area contributed by atoms with E-state index >= 15 is 0 Å². The van der Waals surface area contributed by atoms with E-state index in [1.165, 1.54) is 16.3 Å². The van der Waals surface area contributed by atoms with Gasteiger partial charge in [-0.05, 0) is 40.6 Å². The number of aromatic nitrogens is 2. The minimum absolute atomic E-state index is 0.0307. The maximum Gasteiger partial charge on any atom is 0.262 e. The molecule has 5 nitrogen and oxygen atoms in total. The number of allylic oxidation sites excluding steroid dienone is 1. The molecule has 0 atom stereocenters. The summed E-state index contributed by atoms with van der Waals surface area (Å²) in [5.41, 5.74) is 1.45. The molecule has 2 aromatic heterocycles. The molecule has 0 N–H and O–H groups in total. The molecule has 0 unspecified atom stereocenters. The van der Waals surface area contributed by atoms with Crippen molar-refractivity contribution in [2.24, 2.45) is 0 Å². The second-order valence-corrected chi connectivity index (χ2v) is 8.09. The number of carbonyl (C=O) groups excluding carboxylic acids is 1. The normalized spacial score (nSPS) is 10.9. The zero-order chi connectivity index (χ0) is 19.4. The Balaban J connectivity index is 1.82. The second-order valence-electron chi connectivity index (χ2n) is 5.93. The van der Waals surface area contributed by atoms with Crippen LogP contribution >= 0.6 is 34.7 Å². The highest BCUT2D eigenvalue weighted by Crippen LogP contribution is 2.21. The van der Waals surface area contributed by atoms with Gasteiger partial charge in [-0.25, -0.2) is 4.98 Å². The van der Waals surface area contributed by atoms with E-state index in [-0.39, 0.29) is 17.2 Å². The monoisotopic (exact) mass is 419 g/mol.